The third kappa shape index (κ3) is 4.86. The summed E-state index contributed by atoms with van der Waals surface area (Å²) in [5.74, 6) is 0.123. The summed E-state index contributed by atoms with van der Waals surface area (Å²) in [5.41, 5.74) is 5.12. The fourth-order valence-corrected chi connectivity index (χ4v) is 4.89. The van der Waals surface area contributed by atoms with Gasteiger partial charge in [-0.2, -0.15) is 0 Å². The summed E-state index contributed by atoms with van der Waals surface area (Å²) in [6.07, 6.45) is 1.33. The molecule has 1 fully saturated rings. The SMILES string of the molecule is CC[C@H](NC(=O)c1c(CN2CCC(=O)C2)c(-c2ccccc2)nc2ccccc12)c1ccccc1. The second-order valence-corrected chi connectivity index (χ2v) is 9.04. The Morgan fingerprint density at radius 1 is 0.971 bits per heavy atom. The summed E-state index contributed by atoms with van der Waals surface area (Å²) in [6.45, 7) is 3.68. The van der Waals surface area contributed by atoms with Crippen LogP contribution >= 0.6 is 0 Å². The van der Waals surface area contributed by atoms with E-state index in [4.69, 9.17) is 4.98 Å². The van der Waals surface area contributed by atoms with Crippen LogP contribution in [0.4, 0.5) is 0 Å². The van der Waals surface area contributed by atoms with Crippen LogP contribution in [0.3, 0.4) is 0 Å². The number of rotatable bonds is 7. The van der Waals surface area contributed by atoms with E-state index in [1.165, 1.54) is 0 Å². The lowest BCUT2D eigenvalue weighted by Crippen LogP contribution is -2.31. The van der Waals surface area contributed by atoms with Gasteiger partial charge < -0.3 is 5.32 Å². The van der Waals surface area contributed by atoms with Crippen molar-refractivity contribution in [3.8, 4) is 11.3 Å². The first-order valence-corrected chi connectivity index (χ1v) is 12.2. The number of ketones is 1. The fraction of sp³-hybridized carbons (Fsp3) is 0.233. The predicted octanol–water partition coefficient (Wildman–Crippen LogP) is 5.56. The molecule has 2 heterocycles. The van der Waals surface area contributed by atoms with Crippen LogP contribution in [0.2, 0.25) is 0 Å². The molecule has 176 valence electrons. The van der Waals surface area contributed by atoms with Crippen LogP contribution < -0.4 is 5.32 Å². The van der Waals surface area contributed by atoms with Crippen LogP contribution in [0.15, 0.2) is 84.9 Å². The summed E-state index contributed by atoms with van der Waals surface area (Å²) in [7, 11) is 0. The van der Waals surface area contributed by atoms with Crippen molar-refractivity contribution in [2.24, 2.45) is 0 Å². The highest BCUT2D eigenvalue weighted by molar-refractivity contribution is 6.09. The molecule has 1 N–H and O–H groups in total. The highest BCUT2D eigenvalue weighted by Gasteiger charge is 2.27. The summed E-state index contributed by atoms with van der Waals surface area (Å²) >= 11 is 0. The summed E-state index contributed by atoms with van der Waals surface area (Å²) in [4.78, 5) is 33.2. The molecule has 0 aliphatic carbocycles. The average molecular weight is 464 g/mol. The number of para-hydroxylation sites is 1. The molecule has 0 spiro atoms. The molecular weight excluding hydrogens is 434 g/mol. The van der Waals surface area contributed by atoms with Gasteiger partial charge in [0.2, 0.25) is 0 Å². The van der Waals surface area contributed by atoms with E-state index in [1.54, 1.807) is 0 Å². The number of likely N-dealkylation sites (tertiary alicyclic amines) is 1. The fourth-order valence-electron chi connectivity index (χ4n) is 4.89. The van der Waals surface area contributed by atoms with Crippen molar-refractivity contribution in [2.75, 3.05) is 13.1 Å². The lowest BCUT2D eigenvalue weighted by molar-refractivity contribution is -0.116. The molecule has 1 amide bonds. The third-order valence-corrected chi connectivity index (χ3v) is 6.67. The van der Waals surface area contributed by atoms with Crippen molar-refractivity contribution in [1.29, 1.82) is 0 Å². The first-order valence-electron chi connectivity index (χ1n) is 12.2. The van der Waals surface area contributed by atoms with Crippen LogP contribution in [0.25, 0.3) is 22.2 Å². The number of pyridine rings is 1. The Balaban J connectivity index is 1.66. The molecule has 4 aromatic rings. The van der Waals surface area contributed by atoms with Crippen LogP contribution in [0.5, 0.6) is 0 Å². The first-order chi connectivity index (χ1) is 17.1. The molecule has 5 rings (SSSR count). The highest BCUT2D eigenvalue weighted by Crippen LogP contribution is 2.32. The van der Waals surface area contributed by atoms with Gasteiger partial charge in [0.1, 0.15) is 5.78 Å². The van der Waals surface area contributed by atoms with Crippen molar-refractivity contribution in [3.05, 3.63) is 102 Å². The highest BCUT2D eigenvalue weighted by atomic mass is 16.1. The number of carbonyl (C=O) groups excluding carboxylic acids is 2. The predicted molar refractivity (Wildman–Crippen MR) is 139 cm³/mol. The molecule has 1 aliphatic rings. The molecule has 35 heavy (non-hydrogen) atoms. The third-order valence-electron chi connectivity index (χ3n) is 6.67. The van der Waals surface area contributed by atoms with Crippen LogP contribution in [-0.2, 0) is 11.3 Å². The van der Waals surface area contributed by atoms with Crippen LogP contribution in [-0.4, -0.2) is 34.7 Å². The van der Waals surface area contributed by atoms with Gasteiger partial charge in [-0.25, -0.2) is 4.98 Å². The van der Waals surface area contributed by atoms with E-state index >= 15 is 0 Å². The van der Waals surface area contributed by atoms with Crippen molar-refractivity contribution < 1.29 is 9.59 Å². The molecule has 3 aromatic carbocycles. The average Bonchev–Trinajstić information content (AvgIpc) is 3.32. The minimum atomic E-state index is -0.114. The molecule has 1 atom stereocenters. The van der Waals surface area contributed by atoms with E-state index < -0.39 is 0 Å². The van der Waals surface area contributed by atoms with Gasteiger partial charge in [0.05, 0.1) is 29.4 Å². The van der Waals surface area contributed by atoms with E-state index in [9.17, 15) is 9.59 Å². The number of fused-ring (bicyclic) bond motifs is 1. The zero-order valence-corrected chi connectivity index (χ0v) is 19.9. The zero-order valence-electron chi connectivity index (χ0n) is 19.9. The molecule has 0 saturated carbocycles. The number of hydrogen-bond donors (Lipinski definition) is 1. The Labute approximate surface area is 205 Å². The van der Waals surface area contributed by atoms with Gasteiger partial charge in [-0.05, 0) is 18.1 Å². The Hall–Kier alpha value is -3.83. The quantitative estimate of drug-likeness (QED) is 0.390. The first kappa shape index (κ1) is 22.9. The van der Waals surface area contributed by atoms with E-state index in [-0.39, 0.29) is 17.7 Å². The van der Waals surface area contributed by atoms with Gasteiger partial charge in [0.15, 0.2) is 0 Å². The number of aromatic nitrogens is 1. The number of amides is 1. The Bertz CT molecular complexity index is 1350. The van der Waals surface area contributed by atoms with Gasteiger partial charge in [0.25, 0.3) is 5.91 Å². The normalized spacial score (nSPS) is 14.8. The van der Waals surface area contributed by atoms with Gasteiger partial charge in [-0.15, -0.1) is 0 Å². The molecule has 1 saturated heterocycles. The maximum Gasteiger partial charge on any atom is 0.252 e. The van der Waals surface area contributed by atoms with Crippen molar-refractivity contribution in [1.82, 2.24) is 15.2 Å². The Morgan fingerprint density at radius 2 is 1.66 bits per heavy atom. The number of benzene rings is 3. The van der Waals surface area contributed by atoms with Crippen LogP contribution in [0.1, 0.15) is 47.3 Å². The van der Waals surface area contributed by atoms with E-state index in [0.717, 1.165) is 39.7 Å². The number of Topliss-reactive ketones (excluding diaryl/α,β-unsaturated/α-hetero) is 1. The van der Waals surface area contributed by atoms with Gasteiger partial charge in [-0.3, -0.25) is 14.5 Å². The summed E-state index contributed by atoms with van der Waals surface area (Å²) in [5, 5.41) is 4.12. The number of nitrogens with one attached hydrogen (secondary N) is 1. The minimum Gasteiger partial charge on any atom is -0.345 e. The molecule has 5 heteroatoms. The second kappa shape index (κ2) is 10.2. The van der Waals surface area contributed by atoms with Gasteiger partial charge >= 0.3 is 0 Å². The molecule has 0 radical (unpaired) electrons. The smallest absolute Gasteiger partial charge is 0.252 e. The lowest BCUT2D eigenvalue weighted by atomic mass is 9.95. The summed E-state index contributed by atoms with van der Waals surface area (Å²) in [6, 6.07) is 27.8. The van der Waals surface area contributed by atoms with E-state index in [1.807, 2.05) is 84.9 Å². The lowest BCUT2D eigenvalue weighted by Gasteiger charge is -2.23. The monoisotopic (exact) mass is 463 g/mol. The van der Waals surface area contributed by atoms with E-state index in [2.05, 4.69) is 17.1 Å². The minimum absolute atomic E-state index is 0.1000. The maximum atomic E-state index is 14.0. The maximum absolute atomic E-state index is 14.0. The molecule has 0 unspecified atom stereocenters. The van der Waals surface area contributed by atoms with Crippen molar-refractivity contribution in [2.45, 2.75) is 32.4 Å². The standard InChI is InChI=1S/C30H29N3O2/c1-2-26(21-11-5-3-6-12-21)32-30(35)28-24-15-9-10-16-27(24)31-29(22-13-7-4-8-14-22)25(28)20-33-18-17-23(34)19-33/h3-16,26H,2,17-20H2,1H3,(H,32,35)/t26-/m0/s1. The van der Waals surface area contributed by atoms with Crippen molar-refractivity contribution >= 4 is 22.6 Å². The number of hydrogen-bond acceptors (Lipinski definition) is 4. The topological polar surface area (TPSA) is 62.3 Å². The molecule has 1 aromatic heterocycles. The Kier molecular flexibility index (Phi) is 6.68. The molecule has 0 bridgehead atoms. The van der Waals surface area contributed by atoms with Crippen molar-refractivity contribution in [3.63, 3.8) is 0 Å². The largest absolute Gasteiger partial charge is 0.345 e. The van der Waals surface area contributed by atoms with Gasteiger partial charge in [-0.1, -0.05) is 85.8 Å². The number of carbonyl (C=O) groups is 2. The molecule has 5 nitrogen and oxygen atoms in total. The number of nitrogens with zero attached hydrogens (tertiary/aromatic N) is 2. The zero-order chi connectivity index (χ0) is 24.2. The van der Waals surface area contributed by atoms with E-state index in [0.29, 0.717) is 31.6 Å². The second-order valence-electron chi connectivity index (χ2n) is 9.04. The molecule has 1 aliphatic heterocycles. The van der Waals surface area contributed by atoms with Gasteiger partial charge in [0, 0.05) is 36.0 Å². The summed E-state index contributed by atoms with van der Waals surface area (Å²) < 4.78 is 0. The van der Waals surface area contributed by atoms with Crippen LogP contribution in [0, 0.1) is 0 Å². The Morgan fingerprint density at radius 3 is 2.34 bits per heavy atom. The molecular formula is C30H29N3O2.